The van der Waals surface area contributed by atoms with Gasteiger partial charge in [0.25, 0.3) is 0 Å². The van der Waals surface area contributed by atoms with E-state index in [0.29, 0.717) is 35.6 Å². The van der Waals surface area contributed by atoms with Gasteiger partial charge in [0.2, 0.25) is 0 Å². The smallest absolute Gasteiger partial charge is 0.162 e. The van der Waals surface area contributed by atoms with Gasteiger partial charge < -0.3 is 24.8 Å². The summed E-state index contributed by atoms with van der Waals surface area (Å²) in [7, 11) is 1.64. The van der Waals surface area contributed by atoms with E-state index in [4.69, 9.17) is 25.8 Å². The lowest BCUT2D eigenvalue weighted by Crippen LogP contribution is -2.38. The molecule has 0 aliphatic carbocycles. The van der Waals surface area contributed by atoms with Crippen LogP contribution in [0.15, 0.2) is 18.5 Å². The minimum Gasteiger partial charge on any atom is -0.493 e. The van der Waals surface area contributed by atoms with Crippen LogP contribution in [0.3, 0.4) is 0 Å². The van der Waals surface area contributed by atoms with Gasteiger partial charge in [-0.1, -0.05) is 11.6 Å². The maximum absolute atomic E-state index is 6.17. The Bertz CT molecular complexity index is 814. The van der Waals surface area contributed by atoms with E-state index in [9.17, 15) is 0 Å². The van der Waals surface area contributed by atoms with E-state index in [1.54, 1.807) is 7.11 Å². The number of morpholine rings is 1. The molecule has 1 saturated heterocycles. The van der Waals surface area contributed by atoms with Gasteiger partial charge >= 0.3 is 0 Å². The van der Waals surface area contributed by atoms with Crippen molar-refractivity contribution in [1.29, 1.82) is 0 Å². The summed E-state index contributed by atoms with van der Waals surface area (Å²) in [5.41, 5.74) is 2.61. The summed E-state index contributed by atoms with van der Waals surface area (Å²) >= 11 is 6.17. The van der Waals surface area contributed by atoms with Crippen LogP contribution in [-0.4, -0.2) is 61.4 Å². The Labute approximate surface area is 162 Å². The zero-order valence-corrected chi connectivity index (χ0v) is 15.9. The van der Waals surface area contributed by atoms with Crippen LogP contribution in [0.1, 0.15) is 5.56 Å². The first-order valence-corrected chi connectivity index (χ1v) is 9.27. The molecule has 0 bridgehead atoms. The summed E-state index contributed by atoms with van der Waals surface area (Å²) in [5, 5.41) is 6.97. The fraction of sp³-hybridized carbons (Fsp3) is 0.444. The van der Waals surface area contributed by atoms with Crippen molar-refractivity contribution >= 4 is 28.8 Å². The summed E-state index contributed by atoms with van der Waals surface area (Å²) in [4.78, 5) is 10.6. The second-order valence-corrected chi connectivity index (χ2v) is 6.69. The molecule has 4 rings (SSSR count). The number of methoxy groups -OCH3 is 1. The Morgan fingerprint density at radius 1 is 1.22 bits per heavy atom. The highest BCUT2D eigenvalue weighted by molar-refractivity contribution is 6.32. The van der Waals surface area contributed by atoms with Gasteiger partial charge in [0.15, 0.2) is 22.5 Å². The summed E-state index contributed by atoms with van der Waals surface area (Å²) in [5.74, 6) is 2.03. The SMILES string of the molecule is COc1cc2c(cc1OCCN1CCOCC1)CNc1c(Cl)ncnc1N2. The van der Waals surface area contributed by atoms with E-state index in [0.717, 1.165) is 49.8 Å². The molecule has 0 unspecified atom stereocenters. The number of fused-ring (bicyclic) bond motifs is 2. The van der Waals surface area contributed by atoms with Crippen molar-refractivity contribution in [2.45, 2.75) is 6.54 Å². The highest BCUT2D eigenvalue weighted by Crippen LogP contribution is 2.39. The quantitative estimate of drug-likeness (QED) is 0.752. The molecule has 1 aromatic heterocycles. The maximum atomic E-state index is 6.17. The number of ether oxygens (including phenoxy) is 3. The number of anilines is 3. The third-order valence-electron chi connectivity index (χ3n) is 4.67. The van der Waals surface area contributed by atoms with Gasteiger partial charge in [-0.2, -0.15) is 0 Å². The predicted molar refractivity (Wildman–Crippen MR) is 103 cm³/mol. The van der Waals surface area contributed by atoms with Gasteiger partial charge in [-0.25, -0.2) is 9.97 Å². The van der Waals surface area contributed by atoms with E-state index < -0.39 is 0 Å². The third-order valence-corrected chi connectivity index (χ3v) is 4.95. The molecule has 0 atom stereocenters. The minimum absolute atomic E-state index is 0.384. The normalized spacial score (nSPS) is 16.4. The van der Waals surface area contributed by atoms with E-state index in [-0.39, 0.29) is 0 Å². The average molecular weight is 392 g/mol. The van der Waals surface area contributed by atoms with Gasteiger partial charge in [-0.15, -0.1) is 0 Å². The molecule has 27 heavy (non-hydrogen) atoms. The van der Waals surface area contributed by atoms with Crippen molar-refractivity contribution in [3.63, 3.8) is 0 Å². The number of benzene rings is 1. The van der Waals surface area contributed by atoms with E-state index >= 15 is 0 Å². The molecule has 0 spiro atoms. The summed E-state index contributed by atoms with van der Waals surface area (Å²) in [6, 6.07) is 3.91. The zero-order valence-electron chi connectivity index (χ0n) is 15.1. The zero-order chi connectivity index (χ0) is 18.6. The molecule has 144 valence electrons. The molecule has 2 aliphatic rings. The fourth-order valence-corrected chi connectivity index (χ4v) is 3.37. The molecule has 0 saturated carbocycles. The van der Waals surface area contributed by atoms with Crippen molar-refractivity contribution in [2.24, 2.45) is 0 Å². The van der Waals surface area contributed by atoms with Crippen LogP contribution in [0.25, 0.3) is 0 Å². The molecule has 2 N–H and O–H groups in total. The molecular formula is C18H22ClN5O3. The molecule has 3 heterocycles. The number of aromatic nitrogens is 2. The second-order valence-electron chi connectivity index (χ2n) is 6.33. The summed E-state index contributed by atoms with van der Waals surface area (Å²) in [6.07, 6.45) is 1.43. The monoisotopic (exact) mass is 391 g/mol. The molecule has 2 aliphatic heterocycles. The summed E-state index contributed by atoms with van der Waals surface area (Å²) in [6.45, 7) is 5.48. The first kappa shape index (κ1) is 18.1. The van der Waals surface area contributed by atoms with Crippen LogP contribution in [0.4, 0.5) is 17.2 Å². The van der Waals surface area contributed by atoms with Crippen molar-refractivity contribution in [3.8, 4) is 11.5 Å². The average Bonchev–Trinajstić information content (AvgIpc) is 2.88. The Hall–Kier alpha value is -2.29. The van der Waals surface area contributed by atoms with Crippen molar-refractivity contribution in [3.05, 3.63) is 29.2 Å². The highest BCUT2D eigenvalue weighted by Gasteiger charge is 2.19. The molecule has 0 amide bonds. The van der Waals surface area contributed by atoms with Gasteiger partial charge in [-0.3, -0.25) is 4.90 Å². The lowest BCUT2D eigenvalue weighted by molar-refractivity contribution is 0.0321. The van der Waals surface area contributed by atoms with Gasteiger partial charge in [0.05, 0.1) is 20.3 Å². The van der Waals surface area contributed by atoms with Crippen LogP contribution in [0.5, 0.6) is 11.5 Å². The van der Waals surface area contributed by atoms with Crippen LogP contribution >= 0.6 is 11.6 Å². The van der Waals surface area contributed by atoms with E-state index in [1.165, 1.54) is 6.33 Å². The maximum Gasteiger partial charge on any atom is 0.162 e. The molecule has 9 heteroatoms. The number of nitrogens with zero attached hydrogens (tertiary/aromatic N) is 3. The van der Waals surface area contributed by atoms with Gasteiger partial charge in [-0.05, 0) is 11.6 Å². The number of hydrogen-bond donors (Lipinski definition) is 2. The fourth-order valence-electron chi connectivity index (χ4n) is 3.17. The van der Waals surface area contributed by atoms with Gasteiger partial charge in [0.1, 0.15) is 18.6 Å². The van der Waals surface area contributed by atoms with Crippen LogP contribution in [0, 0.1) is 0 Å². The first-order chi connectivity index (χ1) is 13.2. The molecule has 8 nitrogen and oxygen atoms in total. The lowest BCUT2D eigenvalue weighted by Gasteiger charge is -2.26. The molecule has 1 fully saturated rings. The first-order valence-electron chi connectivity index (χ1n) is 8.90. The van der Waals surface area contributed by atoms with E-state index in [2.05, 4.69) is 25.5 Å². The molecule has 2 aromatic rings. The van der Waals surface area contributed by atoms with E-state index in [1.807, 2.05) is 12.1 Å². The van der Waals surface area contributed by atoms with Crippen molar-refractivity contribution < 1.29 is 14.2 Å². The highest BCUT2D eigenvalue weighted by atomic mass is 35.5. The molecule has 1 aromatic carbocycles. The Balaban J connectivity index is 1.50. The summed E-state index contributed by atoms with van der Waals surface area (Å²) < 4.78 is 16.9. The van der Waals surface area contributed by atoms with Crippen molar-refractivity contribution in [1.82, 2.24) is 14.9 Å². The van der Waals surface area contributed by atoms with Crippen LogP contribution in [-0.2, 0) is 11.3 Å². The number of nitrogens with one attached hydrogen (secondary N) is 2. The Kier molecular flexibility index (Phi) is 5.47. The van der Waals surface area contributed by atoms with Crippen LogP contribution in [0.2, 0.25) is 5.15 Å². The number of rotatable bonds is 5. The minimum atomic E-state index is 0.384. The number of halogens is 1. The second kappa shape index (κ2) is 8.16. The van der Waals surface area contributed by atoms with Crippen molar-refractivity contribution in [2.75, 3.05) is 57.2 Å². The lowest BCUT2D eigenvalue weighted by atomic mass is 10.1. The van der Waals surface area contributed by atoms with Gasteiger partial charge in [0, 0.05) is 37.9 Å². The Morgan fingerprint density at radius 3 is 2.89 bits per heavy atom. The standard InChI is InChI=1S/C18H22ClN5O3/c1-25-14-9-13-12(10-20-16-17(19)21-11-22-18(16)23-13)8-15(14)27-7-4-24-2-5-26-6-3-24/h8-9,11,20H,2-7,10H2,1H3,(H,21,22,23). The third kappa shape index (κ3) is 4.02. The molecule has 0 radical (unpaired) electrons. The number of hydrogen-bond acceptors (Lipinski definition) is 8. The Morgan fingerprint density at radius 2 is 2.07 bits per heavy atom. The molecular weight excluding hydrogens is 370 g/mol. The van der Waals surface area contributed by atoms with Crippen LogP contribution < -0.4 is 20.1 Å². The predicted octanol–water partition coefficient (Wildman–Crippen LogP) is 2.52. The largest absolute Gasteiger partial charge is 0.493 e. The topological polar surface area (TPSA) is 80.8 Å².